The zero-order valence-corrected chi connectivity index (χ0v) is 13.7. The van der Waals surface area contributed by atoms with Crippen LogP contribution < -0.4 is 5.32 Å². The van der Waals surface area contributed by atoms with Crippen LogP contribution in [0.2, 0.25) is 5.02 Å². The van der Waals surface area contributed by atoms with Gasteiger partial charge in [0.1, 0.15) is 5.02 Å². The third-order valence-electron chi connectivity index (χ3n) is 3.27. The number of nitro groups is 1. The molecule has 0 bridgehead atoms. The summed E-state index contributed by atoms with van der Waals surface area (Å²) in [5, 5.41) is 14.2. The molecule has 22 heavy (non-hydrogen) atoms. The average Bonchev–Trinajstić information content (AvgIpc) is 2.44. The van der Waals surface area contributed by atoms with E-state index in [4.69, 9.17) is 16.3 Å². The summed E-state index contributed by atoms with van der Waals surface area (Å²) in [5.74, 6) is -0.0255. The van der Waals surface area contributed by atoms with Crippen molar-refractivity contribution in [1.29, 1.82) is 0 Å². The van der Waals surface area contributed by atoms with Gasteiger partial charge in [0, 0.05) is 18.7 Å². The van der Waals surface area contributed by atoms with Crippen molar-refractivity contribution in [3.8, 4) is 0 Å². The SMILES string of the molecule is CCOC(=O)C[C@@H](NCc1ccc(Cl)c([N+](=O)[O-])c1)C(C)C. The van der Waals surface area contributed by atoms with Crippen LogP contribution in [-0.4, -0.2) is 23.5 Å². The van der Waals surface area contributed by atoms with Crippen molar-refractivity contribution in [2.24, 2.45) is 5.92 Å². The van der Waals surface area contributed by atoms with E-state index in [1.54, 1.807) is 13.0 Å². The van der Waals surface area contributed by atoms with E-state index in [2.05, 4.69) is 5.32 Å². The smallest absolute Gasteiger partial charge is 0.307 e. The number of benzene rings is 1. The molecule has 1 aromatic carbocycles. The van der Waals surface area contributed by atoms with Gasteiger partial charge in [-0.3, -0.25) is 14.9 Å². The normalized spacial score (nSPS) is 12.2. The van der Waals surface area contributed by atoms with Crippen molar-refractivity contribution in [3.05, 3.63) is 38.9 Å². The minimum atomic E-state index is -0.510. The van der Waals surface area contributed by atoms with E-state index < -0.39 is 4.92 Å². The number of halogens is 1. The van der Waals surface area contributed by atoms with Gasteiger partial charge >= 0.3 is 5.97 Å². The van der Waals surface area contributed by atoms with Gasteiger partial charge in [0.2, 0.25) is 0 Å². The monoisotopic (exact) mass is 328 g/mol. The highest BCUT2D eigenvalue weighted by Gasteiger charge is 2.19. The number of nitro benzene ring substituents is 1. The fourth-order valence-electron chi connectivity index (χ4n) is 2.00. The number of ether oxygens (including phenoxy) is 1. The molecule has 0 radical (unpaired) electrons. The van der Waals surface area contributed by atoms with Gasteiger partial charge in [0.25, 0.3) is 5.69 Å². The molecule has 0 aliphatic heterocycles. The molecule has 1 aromatic rings. The standard InChI is InChI=1S/C15H21ClN2O4/c1-4-22-15(19)8-13(10(2)3)17-9-11-5-6-12(16)14(7-11)18(20)21/h5-7,10,13,17H,4,8-9H2,1-3H3/t13-/m1/s1. The van der Waals surface area contributed by atoms with E-state index in [1.807, 2.05) is 13.8 Å². The van der Waals surface area contributed by atoms with Crippen LogP contribution in [0.4, 0.5) is 5.69 Å². The number of nitrogens with one attached hydrogen (secondary N) is 1. The lowest BCUT2D eigenvalue weighted by atomic mass is 10.0. The van der Waals surface area contributed by atoms with Crippen molar-refractivity contribution >= 4 is 23.3 Å². The summed E-state index contributed by atoms with van der Waals surface area (Å²) < 4.78 is 4.96. The molecule has 0 unspecified atom stereocenters. The van der Waals surface area contributed by atoms with Crippen molar-refractivity contribution in [2.75, 3.05) is 6.61 Å². The van der Waals surface area contributed by atoms with Gasteiger partial charge in [-0.05, 0) is 24.5 Å². The molecular weight excluding hydrogens is 308 g/mol. The Morgan fingerprint density at radius 2 is 2.14 bits per heavy atom. The molecule has 0 amide bonds. The molecular formula is C15H21ClN2O4. The van der Waals surface area contributed by atoms with Crippen LogP contribution in [0.1, 0.15) is 32.8 Å². The van der Waals surface area contributed by atoms with Crippen LogP contribution in [0.5, 0.6) is 0 Å². The second-order valence-electron chi connectivity index (χ2n) is 5.28. The first-order valence-electron chi connectivity index (χ1n) is 7.17. The molecule has 0 aliphatic carbocycles. The van der Waals surface area contributed by atoms with Crippen molar-refractivity contribution < 1.29 is 14.5 Å². The van der Waals surface area contributed by atoms with Crippen LogP contribution in [0.25, 0.3) is 0 Å². The summed E-state index contributed by atoms with van der Waals surface area (Å²) in [5.41, 5.74) is 0.623. The van der Waals surface area contributed by atoms with Crippen LogP contribution in [0.3, 0.4) is 0 Å². The van der Waals surface area contributed by atoms with Crippen molar-refractivity contribution in [3.63, 3.8) is 0 Å². The number of carbonyl (C=O) groups excluding carboxylic acids is 1. The van der Waals surface area contributed by atoms with Gasteiger partial charge in [-0.2, -0.15) is 0 Å². The minimum Gasteiger partial charge on any atom is -0.466 e. The minimum absolute atomic E-state index is 0.0613. The van der Waals surface area contributed by atoms with Gasteiger partial charge < -0.3 is 10.1 Å². The molecule has 1 atom stereocenters. The number of esters is 1. The van der Waals surface area contributed by atoms with Crippen LogP contribution >= 0.6 is 11.6 Å². The summed E-state index contributed by atoms with van der Waals surface area (Å²) in [7, 11) is 0. The predicted octanol–water partition coefficient (Wildman–Crippen LogP) is 3.32. The number of carbonyl (C=O) groups is 1. The maximum absolute atomic E-state index is 11.6. The molecule has 0 aliphatic rings. The molecule has 0 heterocycles. The summed E-state index contributed by atoms with van der Waals surface area (Å²) in [4.78, 5) is 22.0. The van der Waals surface area contributed by atoms with E-state index in [9.17, 15) is 14.9 Å². The number of rotatable bonds is 8. The molecule has 1 N–H and O–H groups in total. The maximum atomic E-state index is 11.6. The Morgan fingerprint density at radius 1 is 1.45 bits per heavy atom. The molecule has 0 spiro atoms. The van der Waals surface area contributed by atoms with E-state index in [0.717, 1.165) is 5.56 Å². The van der Waals surface area contributed by atoms with Gasteiger partial charge in [-0.1, -0.05) is 31.5 Å². The Hall–Kier alpha value is -1.66. The second-order valence-corrected chi connectivity index (χ2v) is 5.69. The number of nitrogens with zero attached hydrogens (tertiary/aromatic N) is 1. The summed E-state index contributed by atoms with van der Waals surface area (Å²) in [6.45, 7) is 6.54. The fraction of sp³-hybridized carbons (Fsp3) is 0.533. The highest BCUT2D eigenvalue weighted by atomic mass is 35.5. The largest absolute Gasteiger partial charge is 0.466 e. The lowest BCUT2D eigenvalue weighted by Gasteiger charge is -2.21. The Kier molecular flexibility index (Phi) is 7.27. The van der Waals surface area contributed by atoms with E-state index in [1.165, 1.54) is 12.1 Å². The summed E-state index contributed by atoms with van der Waals surface area (Å²) in [6, 6.07) is 4.61. The summed E-state index contributed by atoms with van der Waals surface area (Å²) in [6.07, 6.45) is 0.265. The first kappa shape index (κ1) is 18.4. The third kappa shape index (κ3) is 5.61. The highest BCUT2D eigenvalue weighted by molar-refractivity contribution is 6.32. The van der Waals surface area contributed by atoms with Gasteiger partial charge in [-0.15, -0.1) is 0 Å². The first-order valence-corrected chi connectivity index (χ1v) is 7.54. The highest BCUT2D eigenvalue weighted by Crippen LogP contribution is 2.25. The van der Waals surface area contributed by atoms with E-state index in [0.29, 0.717) is 13.2 Å². The van der Waals surface area contributed by atoms with Crippen molar-refractivity contribution in [2.45, 2.75) is 39.8 Å². The fourth-order valence-corrected chi connectivity index (χ4v) is 2.19. The Morgan fingerprint density at radius 3 is 2.68 bits per heavy atom. The zero-order valence-electron chi connectivity index (χ0n) is 13.0. The number of hydrogen-bond donors (Lipinski definition) is 1. The molecule has 1 rings (SSSR count). The summed E-state index contributed by atoms with van der Waals surface area (Å²) >= 11 is 5.78. The lowest BCUT2D eigenvalue weighted by Crippen LogP contribution is -2.36. The molecule has 7 heteroatoms. The first-order chi connectivity index (χ1) is 10.3. The van der Waals surface area contributed by atoms with Crippen LogP contribution in [0, 0.1) is 16.0 Å². The molecule has 122 valence electrons. The zero-order chi connectivity index (χ0) is 16.7. The van der Waals surface area contributed by atoms with E-state index >= 15 is 0 Å². The molecule has 0 saturated heterocycles. The topological polar surface area (TPSA) is 81.5 Å². The quantitative estimate of drug-likeness (QED) is 0.450. The Balaban J connectivity index is 2.71. The van der Waals surface area contributed by atoms with Crippen molar-refractivity contribution in [1.82, 2.24) is 5.32 Å². The predicted molar refractivity (Wildman–Crippen MR) is 84.8 cm³/mol. The lowest BCUT2D eigenvalue weighted by molar-refractivity contribution is -0.384. The average molecular weight is 329 g/mol. The Labute approximate surface area is 134 Å². The number of hydrogen-bond acceptors (Lipinski definition) is 5. The third-order valence-corrected chi connectivity index (χ3v) is 3.59. The molecule has 0 fully saturated rings. The van der Waals surface area contributed by atoms with Gasteiger partial charge in [-0.25, -0.2) is 0 Å². The van der Waals surface area contributed by atoms with Gasteiger partial charge in [0.05, 0.1) is 18.0 Å². The molecule has 6 nitrogen and oxygen atoms in total. The molecule has 0 saturated carbocycles. The Bertz CT molecular complexity index is 534. The van der Waals surface area contributed by atoms with Crippen LogP contribution in [-0.2, 0) is 16.1 Å². The second kappa shape index (κ2) is 8.70. The molecule has 0 aromatic heterocycles. The maximum Gasteiger partial charge on any atom is 0.307 e. The van der Waals surface area contributed by atoms with Gasteiger partial charge in [0.15, 0.2) is 0 Å². The van der Waals surface area contributed by atoms with E-state index in [-0.39, 0.29) is 35.1 Å². The van der Waals surface area contributed by atoms with Crippen LogP contribution in [0.15, 0.2) is 18.2 Å².